The van der Waals surface area contributed by atoms with Gasteiger partial charge in [0.15, 0.2) is 0 Å². The third kappa shape index (κ3) is 7.08. The minimum absolute atomic E-state index is 0. The lowest BCUT2D eigenvalue weighted by molar-refractivity contribution is -0.138. The van der Waals surface area contributed by atoms with Crippen molar-refractivity contribution in [3.05, 3.63) is 12.7 Å². The van der Waals surface area contributed by atoms with Gasteiger partial charge < -0.3 is 15.5 Å². The van der Waals surface area contributed by atoms with Gasteiger partial charge in [-0.15, -0.1) is 31.4 Å². The third-order valence-electron chi connectivity index (χ3n) is 4.14. The molecule has 6 nitrogen and oxygen atoms in total. The largest absolute Gasteiger partial charge is 0.352 e. The van der Waals surface area contributed by atoms with Crippen LogP contribution in [0.25, 0.3) is 0 Å². The number of piperidine rings is 1. The monoisotopic (exact) mass is 366 g/mol. The molecule has 0 aromatic rings. The van der Waals surface area contributed by atoms with Crippen molar-refractivity contribution in [1.29, 1.82) is 0 Å². The molecule has 1 unspecified atom stereocenters. The average Bonchev–Trinajstić information content (AvgIpc) is 2.54. The van der Waals surface area contributed by atoms with Crippen molar-refractivity contribution >= 4 is 36.6 Å². The minimum atomic E-state index is 0. The molecule has 0 aromatic carbocycles. The van der Waals surface area contributed by atoms with Gasteiger partial charge in [-0.2, -0.15) is 0 Å². The van der Waals surface area contributed by atoms with Crippen molar-refractivity contribution in [3.63, 3.8) is 0 Å². The van der Waals surface area contributed by atoms with Gasteiger partial charge in [0.2, 0.25) is 11.8 Å². The van der Waals surface area contributed by atoms with Crippen LogP contribution in [-0.4, -0.2) is 74.0 Å². The molecule has 0 aromatic heterocycles. The number of nitrogens with one attached hydrogen (secondary N) is 2. The molecule has 1 atom stereocenters. The summed E-state index contributed by atoms with van der Waals surface area (Å²) < 4.78 is 0. The van der Waals surface area contributed by atoms with Crippen LogP contribution in [0.1, 0.15) is 12.8 Å². The number of carbonyl (C=O) groups is 2. The number of halogens is 2. The predicted octanol–water partition coefficient (Wildman–Crippen LogP) is 0.276. The maximum Gasteiger partial charge on any atom is 0.234 e. The van der Waals surface area contributed by atoms with E-state index in [9.17, 15) is 9.59 Å². The van der Waals surface area contributed by atoms with E-state index in [0.717, 1.165) is 52.1 Å². The molecule has 2 rings (SSSR count). The molecule has 0 spiro atoms. The maximum absolute atomic E-state index is 12.4. The molecule has 0 bridgehead atoms. The van der Waals surface area contributed by atoms with E-state index in [4.69, 9.17) is 0 Å². The highest BCUT2D eigenvalue weighted by Gasteiger charge is 2.28. The Bertz CT molecular complexity index is 382. The Morgan fingerprint density at radius 1 is 1.22 bits per heavy atom. The summed E-state index contributed by atoms with van der Waals surface area (Å²) in [4.78, 5) is 28.1. The summed E-state index contributed by atoms with van der Waals surface area (Å²) in [7, 11) is 0. The molecular formula is C15H28Cl2N4O2. The highest BCUT2D eigenvalue weighted by atomic mass is 35.5. The smallest absolute Gasteiger partial charge is 0.234 e. The van der Waals surface area contributed by atoms with Crippen LogP contribution in [0.15, 0.2) is 12.7 Å². The first-order valence-corrected chi connectivity index (χ1v) is 7.80. The van der Waals surface area contributed by atoms with E-state index in [1.165, 1.54) is 0 Å². The molecule has 2 heterocycles. The van der Waals surface area contributed by atoms with Gasteiger partial charge in [-0.25, -0.2) is 0 Å². The predicted molar refractivity (Wildman–Crippen MR) is 96.3 cm³/mol. The summed E-state index contributed by atoms with van der Waals surface area (Å²) in [6, 6.07) is 0. The molecule has 134 valence electrons. The summed E-state index contributed by atoms with van der Waals surface area (Å²) in [5.41, 5.74) is 0. The lowest BCUT2D eigenvalue weighted by Crippen LogP contribution is -2.53. The summed E-state index contributed by atoms with van der Waals surface area (Å²) in [5, 5.41) is 6.07. The normalized spacial score (nSPS) is 21.6. The first kappa shape index (κ1) is 22.2. The summed E-state index contributed by atoms with van der Waals surface area (Å²) in [6.07, 6.45) is 3.75. The molecule has 0 saturated carbocycles. The van der Waals surface area contributed by atoms with Crippen LogP contribution in [0, 0.1) is 5.92 Å². The van der Waals surface area contributed by atoms with E-state index < -0.39 is 0 Å². The molecule has 2 aliphatic heterocycles. The van der Waals surface area contributed by atoms with Crippen LogP contribution < -0.4 is 10.6 Å². The third-order valence-corrected chi connectivity index (χ3v) is 4.14. The lowest BCUT2D eigenvalue weighted by Gasteiger charge is -2.36. The van der Waals surface area contributed by atoms with E-state index in [1.54, 1.807) is 6.08 Å². The second-order valence-electron chi connectivity index (χ2n) is 5.74. The Morgan fingerprint density at radius 2 is 1.91 bits per heavy atom. The molecule has 2 saturated heterocycles. The molecule has 2 N–H and O–H groups in total. The van der Waals surface area contributed by atoms with Crippen LogP contribution >= 0.6 is 24.8 Å². The molecule has 0 aliphatic carbocycles. The fourth-order valence-corrected chi connectivity index (χ4v) is 2.89. The first-order chi connectivity index (χ1) is 10.2. The van der Waals surface area contributed by atoms with Crippen LogP contribution in [0.5, 0.6) is 0 Å². The highest BCUT2D eigenvalue weighted by molar-refractivity contribution is 5.85. The minimum Gasteiger partial charge on any atom is -0.352 e. The molecule has 23 heavy (non-hydrogen) atoms. The van der Waals surface area contributed by atoms with Gasteiger partial charge in [0, 0.05) is 39.3 Å². The Balaban J connectivity index is 0.00000242. The Kier molecular flexibility index (Phi) is 11.3. The number of hydrogen-bond acceptors (Lipinski definition) is 4. The van der Waals surface area contributed by atoms with E-state index in [0.29, 0.717) is 13.1 Å². The van der Waals surface area contributed by atoms with Crippen molar-refractivity contribution in [2.75, 3.05) is 52.4 Å². The first-order valence-electron chi connectivity index (χ1n) is 7.80. The topological polar surface area (TPSA) is 64.7 Å². The average molecular weight is 367 g/mol. The van der Waals surface area contributed by atoms with Gasteiger partial charge in [0.05, 0.1) is 12.5 Å². The zero-order valence-corrected chi connectivity index (χ0v) is 15.1. The molecular weight excluding hydrogens is 339 g/mol. The Labute approximate surface area is 150 Å². The SMILES string of the molecule is C=CCNC(=O)CN1CCN(C(=O)C2CCCNC2)CC1.Cl.Cl. The maximum atomic E-state index is 12.4. The van der Waals surface area contributed by atoms with Crippen molar-refractivity contribution in [2.45, 2.75) is 12.8 Å². The number of carbonyl (C=O) groups excluding carboxylic acids is 2. The van der Waals surface area contributed by atoms with Crippen molar-refractivity contribution < 1.29 is 9.59 Å². The number of nitrogens with zero attached hydrogens (tertiary/aromatic N) is 2. The fraction of sp³-hybridized carbons (Fsp3) is 0.733. The van der Waals surface area contributed by atoms with Gasteiger partial charge in [0.1, 0.15) is 0 Å². The highest BCUT2D eigenvalue weighted by Crippen LogP contribution is 2.14. The second kappa shape index (κ2) is 11.7. The van der Waals surface area contributed by atoms with E-state index in [1.807, 2.05) is 4.90 Å². The number of piperazine rings is 1. The summed E-state index contributed by atoms with van der Waals surface area (Å²) in [5.74, 6) is 0.435. The van der Waals surface area contributed by atoms with Crippen molar-refractivity contribution in [1.82, 2.24) is 20.4 Å². The molecule has 2 aliphatic rings. The zero-order chi connectivity index (χ0) is 15.1. The second-order valence-corrected chi connectivity index (χ2v) is 5.74. The van der Waals surface area contributed by atoms with E-state index in [-0.39, 0.29) is 42.5 Å². The van der Waals surface area contributed by atoms with Gasteiger partial charge in [0.25, 0.3) is 0 Å². The Morgan fingerprint density at radius 3 is 2.48 bits per heavy atom. The molecule has 2 amide bonds. The molecule has 8 heteroatoms. The quantitative estimate of drug-likeness (QED) is 0.685. The fourth-order valence-electron chi connectivity index (χ4n) is 2.89. The van der Waals surface area contributed by atoms with Gasteiger partial charge in [-0.3, -0.25) is 14.5 Å². The lowest BCUT2D eigenvalue weighted by atomic mass is 9.98. The standard InChI is InChI=1S/C15H26N4O2.2ClH/c1-2-5-17-14(20)12-18-7-9-19(10-8-18)15(21)13-4-3-6-16-11-13;;/h2,13,16H,1,3-12H2,(H,17,20);2*1H. The zero-order valence-electron chi connectivity index (χ0n) is 13.5. The van der Waals surface area contributed by atoms with E-state index >= 15 is 0 Å². The Hall–Kier alpha value is -0.820. The van der Waals surface area contributed by atoms with Crippen LogP contribution in [0.3, 0.4) is 0 Å². The van der Waals surface area contributed by atoms with Gasteiger partial charge >= 0.3 is 0 Å². The summed E-state index contributed by atoms with van der Waals surface area (Å²) in [6.45, 7) is 9.31. The number of hydrogen-bond donors (Lipinski definition) is 2. The van der Waals surface area contributed by atoms with Crippen LogP contribution in [0.4, 0.5) is 0 Å². The number of amides is 2. The molecule has 0 radical (unpaired) electrons. The van der Waals surface area contributed by atoms with Gasteiger partial charge in [-0.05, 0) is 19.4 Å². The van der Waals surface area contributed by atoms with Crippen molar-refractivity contribution in [2.24, 2.45) is 5.92 Å². The van der Waals surface area contributed by atoms with Crippen molar-refractivity contribution in [3.8, 4) is 0 Å². The van der Waals surface area contributed by atoms with Gasteiger partial charge in [-0.1, -0.05) is 6.08 Å². The molecule has 2 fully saturated rings. The van der Waals surface area contributed by atoms with Crippen LogP contribution in [0.2, 0.25) is 0 Å². The van der Waals surface area contributed by atoms with E-state index in [2.05, 4.69) is 22.1 Å². The number of rotatable bonds is 5. The van der Waals surface area contributed by atoms with Crippen LogP contribution in [-0.2, 0) is 9.59 Å². The summed E-state index contributed by atoms with van der Waals surface area (Å²) >= 11 is 0.